The maximum atomic E-state index is 5.17. The molecule has 0 unspecified atom stereocenters. The van der Waals surface area contributed by atoms with Crippen molar-refractivity contribution in [3.05, 3.63) is 146 Å². The largest absolute Gasteiger partial charge is 0.228 e. The van der Waals surface area contributed by atoms with E-state index in [0.717, 1.165) is 33.9 Å². The molecule has 0 radical (unpaired) electrons. The molecule has 3 heteroatoms. The Labute approximate surface area is 252 Å². The van der Waals surface area contributed by atoms with Crippen LogP contribution in [0.15, 0.2) is 146 Å². The molecule has 9 rings (SSSR count). The Morgan fingerprint density at radius 2 is 1.12 bits per heavy atom. The van der Waals surface area contributed by atoms with E-state index in [1.165, 1.54) is 52.5 Å². The van der Waals surface area contributed by atoms with E-state index in [0.29, 0.717) is 0 Å². The molecule has 2 heterocycles. The van der Waals surface area contributed by atoms with Crippen molar-refractivity contribution < 1.29 is 0 Å². The molecular formula is C40H24N2S. The fourth-order valence-corrected chi connectivity index (χ4v) is 7.43. The lowest BCUT2D eigenvalue weighted by Gasteiger charge is -2.13. The van der Waals surface area contributed by atoms with Crippen LogP contribution in [0.2, 0.25) is 0 Å². The number of benzene rings is 7. The molecule has 0 saturated heterocycles. The van der Waals surface area contributed by atoms with E-state index in [9.17, 15) is 0 Å². The molecule has 0 saturated carbocycles. The lowest BCUT2D eigenvalue weighted by Crippen LogP contribution is -1.96. The molecule has 0 fully saturated rings. The zero-order valence-corrected chi connectivity index (χ0v) is 24.0. The molecule has 0 N–H and O–H groups in total. The molecule has 2 aromatic heterocycles. The summed E-state index contributed by atoms with van der Waals surface area (Å²) >= 11 is 1.84. The molecule has 2 nitrogen and oxygen atoms in total. The number of hydrogen-bond acceptors (Lipinski definition) is 3. The van der Waals surface area contributed by atoms with Crippen LogP contribution in [-0.4, -0.2) is 9.97 Å². The number of thiophene rings is 1. The van der Waals surface area contributed by atoms with E-state index >= 15 is 0 Å². The summed E-state index contributed by atoms with van der Waals surface area (Å²) in [5.41, 5.74) is 5.05. The minimum atomic E-state index is 0.729. The van der Waals surface area contributed by atoms with E-state index in [4.69, 9.17) is 9.97 Å². The summed E-state index contributed by atoms with van der Waals surface area (Å²) in [5.74, 6) is 0.729. The van der Waals surface area contributed by atoms with Crippen LogP contribution in [0.3, 0.4) is 0 Å². The molecule has 200 valence electrons. The summed E-state index contributed by atoms with van der Waals surface area (Å²) in [5, 5.41) is 9.98. The molecule has 9 aromatic rings. The predicted molar refractivity (Wildman–Crippen MR) is 184 cm³/mol. The Morgan fingerprint density at radius 3 is 2.02 bits per heavy atom. The Kier molecular flexibility index (Phi) is 5.40. The van der Waals surface area contributed by atoms with Crippen LogP contribution < -0.4 is 0 Å². The van der Waals surface area contributed by atoms with Crippen LogP contribution in [0, 0.1) is 0 Å². The average molecular weight is 565 g/mol. The van der Waals surface area contributed by atoms with Crippen LogP contribution in [-0.2, 0) is 0 Å². The lowest BCUT2D eigenvalue weighted by molar-refractivity contribution is 1.19. The van der Waals surface area contributed by atoms with Crippen LogP contribution in [0.5, 0.6) is 0 Å². The molecule has 0 aliphatic rings. The zero-order chi connectivity index (χ0) is 28.3. The van der Waals surface area contributed by atoms with Gasteiger partial charge < -0.3 is 0 Å². The van der Waals surface area contributed by atoms with Gasteiger partial charge in [0.15, 0.2) is 5.82 Å². The van der Waals surface area contributed by atoms with E-state index in [-0.39, 0.29) is 0 Å². The van der Waals surface area contributed by atoms with Crippen molar-refractivity contribution in [3.63, 3.8) is 0 Å². The van der Waals surface area contributed by atoms with Crippen LogP contribution >= 0.6 is 11.3 Å². The smallest absolute Gasteiger partial charge is 0.160 e. The minimum Gasteiger partial charge on any atom is -0.228 e. The molecular weight excluding hydrogens is 541 g/mol. The highest BCUT2D eigenvalue weighted by molar-refractivity contribution is 7.25. The van der Waals surface area contributed by atoms with Gasteiger partial charge in [0.05, 0.1) is 11.4 Å². The van der Waals surface area contributed by atoms with Crippen molar-refractivity contribution in [1.29, 1.82) is 0 Å². The summed E-state index contributed by atoms with van der Waals surface area (Å²) in [6, 6.07) is 52.0. The first kappa shape index (κ1) is 24.2. The molecule has 0 aliphatic heterocycles. The second-order valence-electron chi connectivity index (χ2n) is 11.0. The SMILES string of the molecule is c1ccc(-c2nc(-c3ccc4sc5ccccc5c4c3)cc(-c3cccc4c3ccc3cc5ccccc5cc34)n2)cc1. The normalized spacial score (nSPS) is 11.7. The van der Waals surface area contributed by atoms with Gasteiger partial charge in [-0.05, 0) is 68.7 Å². The third-order valence-electron chi connectivity index (χ3n) is 8.45. The fraction of sp³-hybridized carbons (Fsp3) is 0. The van der Waals surface area contributed by atoms with Crippen molar-refractivity contribution >= 4 is 63.8 Å². The first-order valence-electron chi connectivity index (χ1n) is 14.5. The molecule has 0 bridgehead atoms. The van der Waals surface area contributed by atoms with Gasteiger partial charge in [0, 0.05) is 36.9 Å². The summed E-state index contributed by atoms with van der Waals surface area (Å²) in [7, 11) is 0. The number of aromatic nitrogens is 2. The number of nitrogens with zero attached hydrogens (tertiary/aromatic N) is 2. The topological polar surface area (TPSA) is 25.8 Å². The maximum absolute atomic E-state index is 5.17. The third kappa shape index (κ3) is 4.01. The van der Waals surface area contributed by atoms with Gasteiger partial charge >= 0.3 is 0 Å². The molecule has 43 heavy (non-hydrogen) atoms. The standard InChI is InChI=1S/C40H24N2S/c1-2-9-25(10-3-1)40-41-36(29-18-20-39-35(23-29)33-13-6-7-16-38(33)43-39)24-37(42-40)32-15-8-14-30-31(32)19-17-28-21-26-11-4-5-12-27(26)22-34(28)30/h1-24H. The van der Waals surface area contributed by atoms with Gasteiger partial charge in [0.1, 0.15) is 0 Å². The molecule has 0 spiro atoms. The van der Waals surface area contributed by atoms with Crippen LogP contribution in [0.25, 0.3) is 86.4 Å². The van der Waals surface area contributed by atoms with Crippen molar-refractivity contribution in [2.24, 2.45) is 0 Å². The third-order valence-corrected chi connectivity index (χ3v) is 9.60. The highest BCUT2D eigenvalue weighted by Crippen LogP contribution is 2.39. The second-order valence-corrected chi connectivity index (χ2v) is 12.1. The maximum Gasteiger partial charge on any atom is 0.160 e. The predicted octanol–water partition coefficient (Wildman–Crippen LogP) is 11.3. The van der Waals surface area contributed by atoms with Gasteiger partial charge in [-0.25, -0.2) is 9.97 Å². The Bertz CT molecular complexity index is 2510. The Balaban J connectivity index is 1.29. The van der Waals surface area contributed by atoms with Gasteiger partial charge in [0.2, 0.25) is 0 Å². The van der Waals surface area contributed by atoms with E-state index in [1.807, 2.05) is 29.5 Å². The summed E-state index contributed by atoms with van der Waals surface area (Å²) in [6.45, 7) is 0. The molecule has 0 amide bonds. The summed E-state index contributed by atoms with van der Waals surface area (Å²) in [6.07, 6.45) is 0. The van der Waals surface area contributed by atoms with Gasteiger partial charge in [-0.1, -0.05) is 109 Å². The van der Waals surface area contributed by atoms with Crippen molar-refractivity contribution in [3.8, 4) is 33.9 Å². The van der Waals surface area contributed by atoms with E-state index < -0.39 is 0 Å². The number of fused-ring (bicyclic) bond motifs is 7. The highest BCUT2D eigenvalue weighted by Gasteiger charge is 2.15. The quantitative estimate of drug-likeness (QED) is 0.158. The molecule has 0 atom stereocenters. The second kappa shape index (κ2) is 9.59. The number of rotatable bonds is 3. The van der Waals surface area contributed by atoms with E-state index in [1.54, 1.807) is 0 Å². The molecule has 7 aromatic carbocycles. The summed E-state index contributed by atoms with van der Waals surface area (Å²) < 4.78 is 2.59. The van der Waals surface area contributed by atoms with Crippen LogP contribution in [0.4, 0.5) is 0 Å². The Hall–Kier alpha value is -5.38. The lowest BCUT2D eigenvalue weighted by atomic mass is 9.94. The van der Waals surface area contributed by atoms with Gasteiger partial charge in [-0.15, -0.1) is 11.3 Å². The Morgan fingerprint density at radius 1 is 0.372 bits per heavy atom. The van der Waals surface area contributed by atoms with Crippen molar-refractivity contribution in [2.75, 3.05) is 0 Å². The van der Waals surface area contributed by atoms with Gasteiger partial charge in [-0.3, -0.25) is 0 Å². The highest BCUT2D eigenvalue weighted by atomic mass is 32.1. The van der Waals surface area contributed by atoms with Gasteiger partial charge in [-0.2, -0.15) is 0 Å². The average Bonchev–Trinajstić information content (AvgIpc) is 3.45. The van der Waals surface area contributed by atoms with Crippen LogP contribution in [0.1, 0.15) is 0 Å². The fourth-order valence-electron chi connectivity index (χ4n) is 6.34. The van der Waals surface area contributed by atoms with Crippen molar-refractivity contribution in [1.82, 2.24) is 9.97 Å². The number of hydrogen-bond donors (Lipinski definition) is 0. The van der Waals surface area contributed by atoms with E-state index in [2.05, 4.69) is 127 Å². The molecule has 0 aliphatic carbocycles. The zero-order valence-electron chi connectivity index (χ0n) is 23.2. The monoisotopic (exact) mass is 564 g/mol. The summed E-state index contributed by atoms with van der Waals surface area (Å²) in [4.78, 5) is 10.3. The minimum absolute atomic E-state index is 0.729. The first-order chi connectivity index (χ1) is 21.3. The van der Waals surface area contributed by atoms with Crippen molar-refractivity contribution in [2.45, 2.75) is 0 Å². The van der Waals surface area contributed by atoms with Gasteiger partial charge in [0.25, 0.3) is 0 Å². The first-order valence-corrected chi connectivity index (χ1v) is 15.3.